The Morgan fingerprint density at radius 1 is 0.375 bits per heavy atom. The number of rotatable bonds is 44. The van der Waals surface area contributed by atoms with Gasteiger partial charge in [0.15, 0.2) is 6.10 Å². The minimum Gasteiger partial charge on any atom is -0.462 e. The topological polar surface area (TPSA) is 78.9 Å². The number of hydrogen-bond donors (Lipinski definition) is 0. The average Bonchev–Trinajstić information content (AvgIpc) is 3.18. The molecule has 0 fully saturated rings. The van der Waals surface area contributed by atoms with Gasteiger partial charge in [0, 0.05) is 19.3 Å². The third-order valence-electron chi connectivity index (χ3n) is 11.6. The Bertz CT molecular complexity index is 856. The minimum atomic E-state index is -0.759. The third-order valence-corrected chi connectivity index (χ3v) is 11.6. The summed E-state index contributed by atoms with van der Waals surface area (Å²) in [5.74, 6) is 0.864. The molecule has 0 aromatic heterocycles. The fourth-order valence-electron chi connectivity index (χ4n) is 7.43. The third kappa shape index (κ3) is 42.0. The molecule has 6 heteroatoms. The molecule has 0 aliphatic rings. The van der Waals surface area contributed by atoms with Gasteiger partial charge in [-0.15, -0.1) is 0 Å². The normalized spacial score (nSPS) is 12.5. The molecule has 6 nitrogen and oxygen atoms in total. The van der Waals surface area contributed by atoms with Crippen LogP contribution in [0.5, 0.6) is 0 Å². The number of ether oxygens (including phenoxy) is 3. The summed E-state index contributed by atoms with van der Waals surface area (Å²) in [6.45, 7) is 11.3. The van der Waals surface area contributed by atoms with Crippen molar-refractivity contribution in [1.82, 2.24) is 0 Å². The maximum absolute atomic E-state index is 12.6. The van der Waals surface area contributed by atoms with E-state index in [0.29, 0.717) is 19.3 Å². The highest BCUT2D eigenvalue weighted by molar-refractivity contribution is 5.71. The molecule has 0 spiro atoms. The Morgan fingerprint density at radius 2 is 0.679 bits per heavy atom. The molecule has 0 radical (unpaired) electrons. The van der Waals surface area contributed by atoms with E-state index in [0.717, 1.165) is 76.0 Å². The van der Waals surface area contributed by atoms with Gasteiger partial charge in [0.25, 0.3) is 0 Å². The molecule has 0 aromatic rings. The summed E-state index contributed by atoms with van der Waals surface area (Å²) < 4.78 is 16.7. The van der Waals surface area contributed by atoms with E-state index in [9.17, 15) is 14.4 Å². The van der Waals surface area contributed by atoms with Crippen molar-refractivity contribution in [2.24, 2.45) is 11.8 Å². The molecule has 0 N–H and O–H groups in total. The number of esters is 3. The van der Waals surface area contributed by atoms with Crippen molar-refractivity contribution < 1.29 is 28.6 Å². The van der Waals surface area contributed by atoms with Crippen molar-refractivity contribution in [2.45, 2.75) is 278 Å². The maximum Gasteiger partial charge on any atom is 0.306 e. The van der Waals surface area contributed by atoms with Gasteiger partial charge in [-0.05, 0) is 31.1 Å². The van der Waals surface area contributed by atoms with Crippen molar-refractivity contribution in [3.63, 3.8) is 0 Å². The Balaban J connectivity index is 4.08. The second-order valence-corrected chi connectivity index (χ2v) is 17.8. The average molecular weight is 793 g/mol. The molecule has 0 heterocycles. The zero-order chi connectivity index (χ0) is 41.2. The van der Waals surface area contributed by atoms with Crippen molar-refractivity contribution in [3.05, 3.63) is 0 Å². The van der Waals surface area contributed by atoms with Crippen LogP contribution in [0.15, 0.2) is 0 Å². The predicted molar refractivity (Wildman–Crippen MR) is 238 cm³/mol. The molecule has 2 atom stereocenters. The highest BCUT2D eigenvalue weighted by Gasteiger charge is 2.19. The van der Waals surface area contributed by atoms with Gasteiger partial charge >= 0.3 is 17.9 Å². The van der Waals surface area contributed by atoms with Crippen LogP contribution in [0.3, 0.4) is 0 Å². The lowest BCUT2D eigenvalue weighted by molar-refractivity contribution is -0.167. The van der Waals surface area contributed by atoms with Gasteiger partial charge in [0.2, 0.25) is 0 Å². The number of hydrogen-bond acceptors (Lipinski definition) is 6. The number of carbonyl (C=O) groups is 3. The van der Waals surface area contributed by atoms with Gasteiger partial charge in [0.1, 0.15) is 13.2 Å². The first kappa shape index (κ1) is 54.4. The monoisotopic (exact) mass is 793 g/mol. The van der Waals surface area contributed by atoms with Crippen molar-refractivity contribution in [1.29, 1.82) is 0 Å². The van der Waals surface area contributed by atoms with Gasteiger partial charge in [0.05, 0.1) is 0 Å². The van der Waals surface area contributed by atoms with Crippen molar-refractivity contribution >= 4 is 17.9 Å². The van der Waals surface area contributed by atoms with Crippen molar-refractivity contribution in [2.75, 3.05) is 13.2 Å². The molecule has 0 saturated carbocycles. The predicted octanol–water partition coefficient (Wildman–Crippen LogP) is 15.8. The lowest BCUT2D eigenvalue weighted by Gasteiger charge is -2.18. The zero-order valence-electron chi connectivity index (χ0n) is 38.3. The van der Waals surface area contributed by atoms with Crippen LogP contribution in [-0.4, -0.2) is 37.2 Å². The van der Waals surface area contributed by atoms with Gasteiger partial charge < -0.3 is 14.2 Å². The molecule has 332 valence electrons. The van der Waals surface area contributed by atoms with Crippen molar-refractivity contribution in [3.8, 4) is 0 Å². The largest absolute Gasteiger partial charge is 0.462 e. The Kier molecular flexibility index (Phi) is 41.8. The highest BCUT2D eigenvalue weighted by Crippen LogP contribution is 2.18. The lowest BCUT2D eigenvalue weighted by atomic mass is 9.99. The molecular formula is C50H96O6. The number of unbranched alkanes of at least 4 members (excludes halogenated alkanes) is 28. The number of carbonyl (C=O) groups excluding carboxylic acids is 3. The first-order valence-corrected chi connectivity index (χ1v) is 24.8. The van der Waals surface area contributed by atoms with Crippen LogP contribution in [0, 0.1) is 11.8 Å². The highest BCUT2D eigenvalue weighted by atomic mass is 16.6. The summed E-state index contributed by atoms with van der Waals surface area (Å²) in [6, 6.07) is 0. The van der Waals surface area contributed by atoms with E-state index in [1.807, 2.05) is 0 Å². The van der Waals surface area contributed by atoms with E-state index in [1.165, 1.54) is 154 Å². The van der Waals surface area contributed by atoms with E-state index in [1.54, 1.807) is 0 Å². The Labute approximate surface area is 348 Å². The Hall–Kier alpha value is -1.59. The fourth-order valence-corrected chi connectivity index (χ4v) is 7.43. The molecule has 0 bridgehead atoms. The molecule has 56 heavy (non-hydrogen) atoms. The first-order valence-electron chi connectivity index (χ1n) is 24.8. The van der Waals surface area contributed by atoms with Crippen LogP contribution in [0.25, 0.3) is 0 Å². The van der Waals surface area contributed by atoms with E-state index >= 15 is 0 Å². The molecule has 0 amide bonds. The quantitative estimate of drug-likeness (QED) is 0.0347. The molecule has 0 aromatic carbocycles. The van der Waals surface area contributed by atoms with Gasteiger partial charge in [-0.1, -0.05) is 234 Å². The fraction of sp³-hybridized carbons (Fsp3) is 0.940. The van der Waals surface area contributed by atoms with E-state index in [-0.39, 0.29) is 31.1 Å². The summed E-state index contributed by atoms with van der Waals surface area (Å²) in [6.07, 6.45) is 42.6. The smallest absolute Gasteiger partial charge is 0.306 e. The summed E-state index contributed by atoms with van der Waals surface area (Å²) >= 11 is 0. The summed E-state index contributed by atoms with van der Waals surface area (Å²) in [5, 5.41) is 0. The lowest BCUT2D eigenvalue weighted by Crippen LogP contribution is -2.30. The molecule has 0 aliphatic carbocycles. The molecule has 0 aliphatic heterocycles. The Morgan fingerprint density at radius 3 is 1.02 bits per heavy atom. The van der Waals surface area contributed by atoms with Crippen LogP contribution in [0.1, 0.15) is 272 Å². The molecule has 1 unspecified atom stereocenters. The van der Waals surface area contributed by atoms with E-state index < -0.39 is 6.10 Å². The standard InChI is InChI=1S/C50H96O6/c1-6-8-9-28-37-42-50(53)56-47(44-55-49(52)41-36-32-27-23-19-15-14-16-20-24-29-33-38-45(3)4)43-54-48(51)40-35-31-26-22-18-13-11-10-12-17-21-25-30-34-39-46(5)7-2/h45-47H,6-44H2,1-5H3/t46?,47-/m1/s1. The van der Waals surface area contributed by atoms with Crippen LogP contribution >= 0.6 is 0 Å². The SMILES string of the molecule is CCCCCCCC(=O)O[C@H](COC(=O)CCCCCCCCCCCCCCCCC(C)CC)COC(=O)CCCCCCCCCCCCCCC(C)C. The van der Waals surface area contributed by atoms with Gasteiger partial charge in [-0.25, -0.2) is 0 Å². The van der Waals surface area contributed by atoms with Crippen LogP contribution < -0.4 is 0 Å². The molecule has 0 saturated heterocycles. The van der Waals surface area contributed by atoms with E-state index in [4.69, 9.17) is 14.2 Å². The van der Waals surface area contributed by atoms with Crippen LogP contribution in [-0.2, 0) is 28.6 Å². The van der Waals surface area contributed by atoms with Crippen LogP contribution in [0.4, 0.5) is 0 Å². The summed E-state index contributed by atoms with van der Waals surface area (Å²) in [5.41, 5.74) is 0. The summed E-state index contributed by atoms with van der Waals surface area (Å²) in [4.78, 5) is 37.6. The second kappa shape index (κ2) is 43.0. The molecule has 0 rings (SSSR count). The molecular weight excluding hydrogens is 697 g/mol. The van der Waals surface area contributed by atoms with Gasteiger partial charge in [-0.2, -0.15) is 0 Å². The maximum atomic E-state index is 12.6. The second-order valence-electron chi connectivity index (χ2n) is 17.8. The summed E-state index contributed by atoms with van der Waals surface area (Å²) in [7, 11) is 0. The van der Waals surface area contributed by atoms with E-state index in [2.05, 4.69) is 34.6 Å². The first-order chi connectivity index (χ1) is 27.3. The van der Waals surface area contributed by atoms with Crippen LogP contribution in [0.2, 0.25) is 0 Å². The minimum absolute atomic E-state index is 0.0654. The zero-order valence-corrected chi connectivity index (χ0v) is 38.3. The van der Waals surface area contributed by atoms with Gasteiger partial charge in [-0.3, -0.25) is 14.4 Å².